The van der Waals surface area contributed by atoms with Crippen molar-refractivity contribution in [2.75, 3.05) is 0 Å². The Bertz CT molecular complexity index is 394. The smallest absolute Gasteiger partial charge is 0.127 e. The van der Waals surface area contributed by atoms with Crippen LogP contribution in [0.3, 0.4) is 0 Å². The number of rotatable bonds is 4. The maximum Gasteiger partial charge on any atom is 0.127 e. The molecular weight excluding hydrogens is 229 g/mol. The van der Waals surface area contributed by atoms with Crippen molar-refractivity contribution in [2.45, 2.75) is 51.7 Å². The van der Waals surface area contributed by atoms with E-state index in [1.54, 1.807) is 0 Å². The molecule has 18 heavy (non-hydrogen) atoms. The average Bonchev–Trinajstić information content (AvgIpc) is 2.38. The zero-order chi connectivity index (χ0) is 13.0. The van der Waals surface area contributed by atoms with Gasteiger partial charge in [-0.2, -0.15) is 0 Å². The Morgan fingerprint density at radius 1 is 1.33 bits per heavy atom. The molecule has 2 atom stereocenters. The molecule has 0 aromatic heterocycles. The van der Waals surface area contributed by atoms with Crippen molar-refractivity contribution in [1.82, 2.24) is 0 Å². The Kier molecular flexibility index (Phi) is 4.59. The summed E-state index contributed by atoms with van der Waals surface area (Å²) in [5.41, 5.74) is 6.33. The van der Waals surface area contributed by atoms with Crippen LogP contribution in [0.25, 0.3) is 0 Å². The highest BCUT2D eigenvalue weighted by Gasteiger charge is 2.22. The van der Waals surface area contributed by atoms with Crippen LogP contribution in [0.4, 0.5) is 4.39 Å². The second-order valence-electron chi connectivity index (χ2n) is 5.18. The van der Waals surface area contributed by atoms with Crippen molar-refractivity contribution in [3.63, 3.8) is 0 Å². The average molecular weight is 251 g/mol. The fraction of sp³-hybridized carbons (Fsp3) is 0.600. The number of hydrogen-bond acceptors (Lipinski definition) is 2. The Balaban J connectivity index is 2.02. The third kappa shape index (κ3) is 3.45. The molecular formula is C15H22FNO. The highest BCUT2D eigenvalue weighted by Crippen LogP contribution is 2.30. The molecule has 0 saturated heterocycles. The summed E-state index contributed by atoms with van der Waals surface area (Å²) < 4.78 is 19.3. The number of halogens is 1. The molecule has 0 aliphatic heterocycles. The predicted molar refractivity (Wildman–Crippen MR) is 71.0 cm³/mol. The number of ether oxygens (including phenoxy) is 1. The monoisotopic (exact) mass is 251 g/mol. The van der Waals surface area contributed by atoms with Gasteiger partial charge in [0, 0.05) is 12.6 Å². The van der Waals surface area contributed by atoms with E-state index in [0.717, 1.165) is 24.3 Å². The van der Waals surface area contributed by atoms with Crippen molar-refractivity contribution in [3.05, 3.63) is 29.6 Å². The molecule has 2 unspecified atom stereocenters. The van der Waals surface area contributed by atoms with Crippen LogP contribution in [0, 0.1) is 11.7 Å². The highest BCUT2D eigenvalue weighted by molar-refractivity contribution is 5.29. The quantitative estimate of drug-likeness (QED) is 0.886. The summed E-state index contributed by atoms with van der Waals surface area (Å²) in [6.07, 6.45) is 6.11. The van der Waals surface area contributed by atoms with Gasteiger partial charge in [0.15, 0.2) is 0 Å². The van der Waals surface area contributed by atoms with Gasteiger partial charge in [0.05, 0.1) is 6.10 Å². The van der Waals surface area contributed by atoms with E-state index >= 15 is 0 Å². The van der Waals surface area contributed by atoms with Crippen LogP contribution >= 0.6 is 0 Å². The molecule has 2 rings (SSSR count). The molecule has 2 nitrogen and oxygen atoms in total. The molecule has 100 valence electrons. The van der Waals surface area contributed by atoms with Crippen LogP contribution in [0.2, 0.25) is 0 Å². The van der Waals surface area contributed by atoms with Crippen LogP contribution in [0.5, 0.6) is 5.75 Å². The zero-order valence-electron chi connectivity index (χ0n) is 11.0. The molecule has 1 aliphatic rings. The first kappa shape index (κ1) is 13.3. The summed E-state index contributed by atoms with van der Waals surface area (Å²) in [6.45, 7) is 2.57. The summed E-state index contributed by atoms with van der Waals surface area (Å²) in [4.78, 5) is 0. The molecule has 0 bridgehead atoms. The van der Waals surface area contributed by atoms with E-state index in [2.05, 4.69) is 6.92 Å². The second-order valence-corrected chi connectivity index (χ2v) is 5.18. The van der Waals surface area contributed by atoms with Crippen molar-refractivity contribution in [2.24, 2.45) is 11.7 Å². The maximum absolute atomic E-state index is 13.4. The van der Waals surface area contributed by atoms with E-state index in [1.165, 1.54) is 31.4 Å². The van der Waals surface area contributed by atoms with E-state index < -0.39 is 0 Å². The first-order chi connectivity index (χ1) is 8.71. The lowest BCUT2D eigenvalue weighted by atomic mass is 9.85. The fourth-order valence-electron chi connectivity index (χ4n) is 2.72. The molecule has 0 amide bonds. The van der Waals surface area contributed by atoms with Gasteiger partial charge in [-0.25, -0.2) is 4.39 Å². The van der Waals surface area contributed by atoms with Gasteiger partial charge in [0.2, 0.25) is 0 Å². The van der Waals surface area contributed by atoms with E-state index in [0.29, 0.717) is 12.3 Å². The maximum atomic E-state index is 13.4. The summed E-state index contributed by atoms with van der Waals surface area (Å²) in [6, 6.07) is 4.76. The Hall–Kier alpha value is -1.09. The third-order valence-electron chi connectivity index (χ3n) is 3.78. The molecule has 1 aromatic carbocycles. The van der Waals surface area contributed by atoms with Crippen molar-refractivity contribution >= 4 is 0 Å². The SMILES string of the molecule is CCC1CCCC(Oc2cc(F)cc(CN)c2)C1. The molecule has 2 N–H and O–H groups in total. The van der Waals surface area contributed by atoms with Crippen LogP contribution < -0.4 is 10.5 Å². The van der Waals surface area contributed by atoms with E-state index in [1.807, 2.05) is 6.07 Å². The largest absolute Gasteiger partial charge is 0.490 e. The minimum absolute atomic E-state index is 0.233. The van der Waals surface area contributed by atoms with Gasteiger partial charge < -0.3 is 10.5 Å². The van der Waals surface area contributed by atoms with Gasteiger partial charge in [0.1, 0.15) is 11.6 Å². The lowest BCUT2D eigenvalue weighted by Crippen LogP contribution is -2.25. The third-order valence-corrected chi connectivity index (χ3v) is 3.78. The fourth-order valence-corrected chi connectivity index (χ4v) is 2.72. The summed E-state index contributed by atoms with van der Waals surface area (Å²) >= 11 is 0. The summed E-state index contributed by atoms with van der Waals surface area (Å²) in [5, 5.41) is 0. The first-order valence-electron chi connectivity index (χ1n) is 6.87. The van der Waals surface area contributed by atoms with Gasteiger partial charge in [-0.05, 0) is 42.9 Å². The van der Waals surface area contributed by atoms with Gasteiger partial charge in [0.25, 0.3) is 0 Å². The van der Waals surface area contributed by atoms with Crippen LogP contribution in [0.15, 0.2) is 18.2 Å². The second kappa shape index (κ2) is 6.19. The van der Waals surface area contributed by atoms with Crippen molar-refractivity contribution in [1.29, 1.82) is 0 Å². The molecule has 3 heteroatoms. The van der Waals surface area contributed by atoms with E-state index in [9.17, 15) is 4.39 Å². The highest BCUT2D eigenvalue weighted by atomic mass is 19.1. The van der Waals surface area contributed by atoms with Crippen LogP contribution in [-0.2, 0) is 6.54 Å². The lowest BCUT2D eigenvalue weighted by molar-refractivity contribution is 0.121. The Morgan fingerprint density at radius 2 is 2.17 bits per heavy atom. The minimum atomic E-state index is -0.268. The number of nitrogens with two attached hydrogens (primary N) is 1. The first-order valence-corrected chi connectivity index (χ1v) is 6.87. The number of benzene rings is 1. The Labute approximate surface area is 108 Å². The van der Waals surface area contributed by atoms with Crippen LogP contribution in [0.1, 0.15) is 44.6 Å². The van der Waals surface area contributed by atoms with Gasteiger partial charge in [-0.15, -0.1) is 0 Å². The topological polar surface area (TPSA) is 35.2 Å². The summed E-state index contributed by atoms with van der Waals surface area (Å²) in [5.74, 6) is 1.11. The molecule has 1 aliphatic carbocycles. The lowest BCUT2D eigenvalue weighted by Gasteiger charge is -2.29. The zero-order valence-corrected chi connectivity index (χ0v) is 11.0. The molecule has 1 aromatic rings. The summed E-state index contributed by atoms with van der Waals surface area (Å²) in [7, 11) is 0. The van der Waals surface area contributed by atoms with Crippen LogP contribution in [-0.4, -0.2) is 6.10 Å². The number of hydrogen-bond donors (Lipinski definition) is 1. The molecule has 1 fully saturated rings. The predicted octanol–water partition coefficient (Wildman–Crippen LogP) is 3.63. The standard InChI is InChI=1S/C15H22FNO/c1-2-11-4-3-5-14(7-11)18-15-8-12(10-17)6-13(16)9-15/h6,8-9,11,14H,2-5,7,10,17H2,1H3. The molecule has 0 radical (unpaired) electrons. The Morgan fingerprint density at radius 3 is 2.89 bits per heavy atom. The molecule has 1 saturated carbocycles. The minimum Gasteiger partial charge on any atom is -0.490 e. The van der Waals surface area contributed by atoms with Crippen molar-refractivity contribution in [3.8, 4) is 5.75 Å². The van der Waals surface area contributed by atoms with Gasteiger partial charge in [-0.1, -0.05) is 19.8 Å². The normalized spacial score (nSPS) is 23.9. The van der Waals surface area contributed by atoms with E-state index in [-0.39, 0.29) is 11.9 Å². The van der Waals surface area contributed by atoms with E-state index in [4.69, 9.17) is 10.5 Å². The van der Waals surface area contributed by atoms with Crippen molar-refractivity contribution < 1.29 is 9.13 Å². The molecule has 0 spiro atoms. The molecule has 0 heterocycles. The van der Waals surface area contributed by atoms with Gasteiger partial charge >= 0.3 is 0 Å². The van der Waals surface area contributed by atoms with Gasteiger partial charge in [-0.3, -0.25) is 0 Å².